The number of aliphatic hydroxyl groups is 1. The predicted octanol–water partition coefficient (Wildman–Crippen LogP) is 3.23. The molecule has 0 amide bonds. The van der Waals surface area contributed by atoms with Gasteiger partial charge in [-0.2, -0.15) is 0 Å². The monoisotopic (exact) mass is 320 g/mol. The fraction of sp³-hybridized carbons (Fsp3) is 0.579. The van der Waals surface area contributed by atoms with E-state index in [2.05, 4.69) is 0 Å². The molecule has 0 heterocycles. The first-order chi connectivity index (χ1) is 10.7. The number of aliphatic hydroxyl groups excluding tert-OH is 1. The molecule has 128 valence electrons. The van der Waals surface area contributed by atoms with Crippen molar-refractivity contribution >= 4 is 11.8 Å². The highest BCUT2D eigenvalue weighted by molar-refractivity contribution is 6.05. The number of rotatable bonds is 7. The minimum Gasteiger partial charge on any atom is -0.468 e. The third-order valence-corrected chi connectivity index (χ3v) is 4.50. The van der Waals surface area contributed by atoms with E-state index in [0.717, 1.165) is 23.1 Å². The van der Waals surface area contributed by atoms with Crippen molar-refractivity contribution in [3.8, 4) is 0 Å². The second-order valence-electron chi connectivity index (χ2n) is 6.39. The molecular weight excluding hydrogens is 292 g/mol. The summed E-state index contributed by atoms with van der Waals surface area (Å²) in [4.78, 5) is 24.9. The lowest BCUT2D eigenvalue weighted by molar-refractivity contribution is -0.146. The molecular formula is C19H28O4. The number of Topliss-reactive ketones (excluding diaryl/α,β-unsaturated/α-hetero) is 1. The Morgan fingerprint density at radius 2 is 1.70 bits per heavy atom. The van der Waals surface area contributed by atoms with E-state index in [9.17, 15) is 14.7 Å². The normalized spacial score (nSPS) is 14.9. The molecule has 0 aliphatic heterocycles. The van der Waals surface area contributed by atoms with Gasteiger partial charge in [-0.1, -0.05) is 38.0 Å². The topological polar surface area (TPSA) is 63.6 Å². The molecule has 0 aromatic heterocycles. The molecule has 1 rings (SSSR count). The molecule has 1 aromatic carbocycles. The molecule has 0 saturated carbocycles. The average molecular weight is 320 g/mol. The largest absolute Gasteiger partial charge is 0.468 e. The maximum atomic E-state index is 12.7. The third-order valence-electron chi connectivity index (χ3n) is 4.50. The highest BCUT2D eigenvalue weighted by Gasteiger charge is 2.33. The molecule has 23 heavy (non-hydrogen) atoms. The Morgan fingerprint density at radius 1 is 1.17 bits per heavy atom. The van der Waals surface area contributed by atoms with Gasteiger partial charge < -0.3 is 9.84 Å². The molecule has 1 N–H and O–H groups in total. The van der Waals surface area contributed by atoms with E-state index in [4.69, 9.17) is 4.74 Å². The van der Waals surface area contributed by atoms with Gasteiger partial charge in [0.15, 0.2) is 5.78 Å². The summed E-state index contributed by atoms with van der Waals surface area (Å²) in [6.45, 7) is 9.62. The highest BCUT2D eigenvalue weighted by Crippen LogP contribution is 2.29. The quantitative estimate of drug-likeness (QED) is 0.619. The molecule has 0 aliphatic rings. The number of ketones is 1. The van der Waals surface area contributed by atoms with Crippen LogP contribution in [0.5, 0.6) is 0 Å². The smallest absolute Gasteiger partial charge is 0.320 e. The molecule has 0 bridgehead atoms. The lowest BCUT2D eigenvalue weighted by atomic mass is 9.83. The number of benzene rings is 1. The summed E-state index contributed by atoms with van der Waals surface area (Å²) in [6, 6.07) is 3.91. The van der Waals surface area contributed by atoms with Crippen LogP contribution in [0.15, 0.2) is 12.1 Å². The lowest BCUT2D eigenvalue weighted by Gasteiger charge is -2.22. The van der Waals surface area contributed by atoms with Gasteiger partial charge in [-0.3, -0.25) is 9.59 Å². The molecule has 3 atom stereocenters. The first-order valence-corrected chi connectivity index (χ1v) is 8.09. The molecule has 3 unspecified atom stereocenters. The number of methoxy groups -OCH3 is 1. The summed E-state index contributed by atoms with van der Waals surface area (Å²) >= 11 is 0. The fourth-order valence-electron chi connectivity index (χ4n) is 2.97. The van der Waals surface area contributed by atoms with Crippen molar-refractivity contribution in [2.75, 3.05) is 7.11 Å². The molecule has 4 nitrogen and oxygen atoms in total. The van der Waals surface area contributed by atoms with E-state index in [1.807, 2.05) is 46.8 Å². The van der Waals surface area contributed by atoms with E-state index < -0.39 is 18.0 Å². The van der Waals surface area contributed by atoms with Gasteiger partial charge in [0, 0.05) is 6.42 Å². The van der Waals surface area contributed by atoms with Crippen molar-refractivity contribution in [3.63, 3.8) is 0 Å². The maximum Gasteiger partial charge on any atom is 0.320 e. The van der Waals surface area contributed by atoms with Crippen molar-refractivity contribution in [2.24, 2.45) is 5.92 Å². The molecule has 0 saturated heterocycles. The summed E-state index contributed by atoms with van der Waals surface area (Å²) in [5.74, 6) is -1.82. The van der Waals surface area contributed by atoms with Crippen LogP contribution in [0, 0.1) is 26.7 Å². The molecule has 1 aromatic rings. The van der Waals surface area contributed by atoms with Crippen LogP contribution in [0.2, 0.25) is 0 Å². The zero-order valence-corrected chi connectivity index (χ0v) is 15.0. The van der Waals surface area contributed by atoms with Crippen molar-refractivity contribution in [3.05, 3.63) is 34.4 Å². The first kappa shape index (κ1) is 19.4. The predicted molar refractivity (Wildman–Crippen MR) is 90.5 cm³/mol. The number of hydrogen-bond donors (Lipinski definition) is 1. The molecule has 4 heteroatoms. The fourth-order valence-corrected chi connectivity index (χ4v) is 2.97. The summed E-state index contributed by atoms with van der Waals surface area (Å²) in [6.07, 6.45) is -0.00715. The lowest BCUT2D eigenvalue weighted by Crippen LogP contribution is -2.30. The van der Waals surface area contributed by atoms with Gasteiger partial charge in [-0.25, -0.2) is 0 Å². The number of esters is 1. The Bertz CT molecular complexity index is 554. The molecule has 0 radical (unpaired) electrons. The zero-order valence-electron chi connectivity index (χ0n) is 15.0. The van der Waals surface area contributed by atoms with Gasteiger partial charge in [0.05, 0.1) is 13.2 Å². The van der Waals surface area contributed by atoms with Gasteiger partial charge in [0.25, 0.3) is 0 Å². The zero-order chi connectivity index (χ0) is 17.7. The van der Waals surface area contributed by atoms with E-state index >= 15 is 0 Å². The molecule has 0 spiro atoms. The number of aryl methyl sites for hydroxylation is 3. The Morgan fingerprint density at radius 3 is 2.13 bits per heavy atom. The van der Waals surface area contributed by atoms with Crippen LogP contribution in [0.1, 0.15) is 54.9 Å². The Kier molecular flexibility index (Phi) is 6.95. The van der Waals surface area contributed by atoms with E-state index in [-0.39, 0.29) is 18.1 Å². The van der Waals surface area contributed by atoms with Crippen molar-refractivity contribution in [1.82, 2.24) is 0 Å². The number of carbonyl (C=O) groups excluding carboxylic acids is 2. The summed E-state index contributed by atoms with van der Waals surface area (Å²) in [7, 11) is 1.28. The van der Waals surface area contributed by atoms with Crippen LogP contribution in [-0.4, -0.2) is 30.1 Å². The average Bonchev–Trinajstić information content (AvgIpc) is 2.48. The standard InChI is InChI=1S/C19H28O4/c1-7-12(3)15(20)10-16(21)18(19(22)23-6)17-13(4)8-11(2)9-14(17)5/h8-9,12,15,18,20H,7,10H2,1-6H3. The van der Waals surface area contributed by atoms with Crippen molar-refractivity contribution < 1.29 is 19.4 Å². The summed E-state index contributed by atoms with van der Waals surface area (Å²) in [5.41, 5.74) is 3.57. The van der Waals surface area contributed by atoms with Gasteiger partial charge >= 0.3 is 5.97 Å². The Hall–Kier alpha value is -1.68. The van der Waals surface area contributed by atoms with Crippen LogP contribution in [0.4, 0.5) is 0 Å². The second kappa shape index (κ2) is 8.25. The molecule has 0 aliphatic carbocycles. The number of carbonyl (C=O) groups is 2. The van der Waals surface area contributed by atoms with Gasteiger partial charge in [0.1, 0.15) is 5.92 Å². The van der Waals surface area contributed by atoms with Crippen LogP contribution >= 0.6 is 0 Å². The van der Waals surface area contributed by atoms with Crippen LogP contribution in [0.25, 0.3) is 0 Å². The van der Waals surface area contributed by atoms with E-state index in [0.29, 0.717) is 5.56 Å². The van der Waals surface area contributed by atoms with Crippen molar-refractivity contribution in [2.45, 2.75) is 59.5 Å². The SMILES string of the molecule is CCC(C)C(O)CC(=O)C(C(=O)OC)c1c(C)cc(C)cc1C. The van der Waals surface area contributed by atoms with E-state index in [1.165, 1.54) is 7.11 Å². The van der Waals surface area contributed by atoms with Crippen LogP contribution in [-0.2, 0) is 14.3 Å². The summed E-state index contributed by atoms with van der Waals surface area (Å²) < 4.78 is 4.86. The Balaban J connectivity index is 3.21. The van der Waals surface area contributed by atoms with Crippen molar-refractivity contribution in [1.29, 1.82) is 0 Å². The highest BCUT2D eigenvalue weighted by atomic mass is 16.5. The van der Waals surface area contributed by atoms with E-state index in [1.54, 1.807) is 0 Å². The molecule has 0 fully saturated rings. The third kappa shape index (κ3) is 4.64. The second-order valence-corrected chi connectivity index (χ2v) is 6.39. The summed E-state index contributed by atoms with van der Waals surface area (Å²) in [5, 5.41) is 10.1. The van der Waals surface area contributed by atoms with Gasteiger partial charge in [-0.15, -0.1) is 0 Å². The minimum atomic E-state index is -0.973. The minimum absolute atomic E-state index is 0.0115. The Labute approximate surface area is 138 Å². The first-order valence-electron chi connectivity index (χ1n) is 8.09. The van der Waals surface area contributed by atoms with Gasteiger partial charge in [-0.05, 0) is 43.4 Å². The number of ether oxygens (including phenoxy) is 1. The van der Waals surface area contributed by atoms with Crippen LogP contribution in [0.3, 0.4) is 0 Å². The van der Waals surface area contributed by atoms with Gasteiger partial charge in [0.2, 0.25) is 0 Å². The van der Waals surface area contributed by atoms with Crippen LogP contribution < -0.4 is 0 Å². The maximum absolute atomic E-state index is 12.7. The number of hydrogen-bond acceptors (Lipinski definition) is 4.